The third kappa shape index (κ3) is 3.34. The van der Waals surface area contributed by atoms with Gasteiger partial charge >= 0.3 is 0 Å². The molecule has 0 saturated heterocycles. The van der Waals surface area contributed by atoms with Crippen LogP contribution in [0.1, 0.15) is 51.5 Å². The molecule has 1 saturated carbocycles. The quantitative estimate of drug-likeness (QED) is 0.806. The Labute approximate surface area is 109 Å². The highest BCUT2D eigenvalue weighted by molar-refractivity contribution is 5.50. The van der Waals surface area contributed by atoms with Crippen molar-refractivity contribution in [3.63, 3.8) is 0 Å². The Bertz CT molecular complexity index is 389. The second-order valence-corrected chi connectivity index (χ2v) is 5.21. The van der Waals surface area contributed by atoms with Gasteiger partial charge in [0.2, 0.25) is 5.88 Å². The number of ether oxygens (including phenoxy) is 1. The molecule has 0 atom stereocenters. The maximum atomic E-state index is 5.85. The van der Waals surface area contributed by atoms with Gasteiger partial charge in [0, 0.05) is 6.54 Å². The summed E-state index contributed by atoms with van der Waals surface area (Å²) in [5.41, 5.74) is 1.09. The van der Waals surface area contributed by atoms with E-state index in [2.05, 4.69) is 36.1 Å². The Morgan fingerprint density at radius 2 is 2.17 bits per heavy atom. The normalized spacial score (nSPS) is 14.9. The standard InChI is InChI=1S/C14H23N3O/c1-4-15-13-12(10(2)3)14(17-9-16-13)18-8-7-11-5-6-11/h9-11H,4-8H2,1-3H3,(H,15,16,17). The Kier molecular flexibility index (Phi) is 4.39. The van der Waals surface area contributed by atoms with Crippen LogP contribution in [0.3, 0.4) is 0 Å². The third-order valence-corrected chi connectivity index (χ3v) is 3.23. The Hall–Kier alpha value is -1.32. The van der Waals surface area contributed by atoms with Crippen molar-refractivity contribution in [1.82, 2.24) is 9.97 Å². The fourth-order valence-corrected chi connectivity index (χ4v) is 2.05. The number of aromatic nitrogens is 2. The molecule has 18 heavy (non-hydrogen) atoms. The Morgan fingerprint density at radius 1 is 1.39 bits per heavy atom. The summed E-state index contributed by atoms with van der Waals surface area (Å²) < 4.78 is 5.85. The lowest BCUT2D eigenvalue weighted by Gasteiger charge is -2.16. The van der Waals surface area contributed by atoms with Gasteiger partial charge in [-0.05, 0) is 25.2 Å². The summed E-state index contributed by atoms with van der Waals surface area (Å²) in [6.07, 6.45) is 5.47. The molecule has 0 radical (unpaired) electrons. The van der Waals surface area contributed by atoms with E-state index in [1.807, 2.05) is 0 Å². The van der Waals surface area contributed by atoms with Crippen LogP contribution in [0, 0.1) is 5.92 Å². The van der Waals surface area contributed by atoms with Crippen LogP contribution in [0.25, 0.3) is 0 Å². The summed E-state index contributed by atoms with van der Waals surface area (Å²) in [5.74, 6) is 2.90. The first-order valence-electron chi connectivity index (χ1n) is 6.94. The van der Waals surface area contributed by atoms with Crippen LogP contribution >= 0.6 is 0 Å². The fraction of sp³-hybridized carbons (Fsp3) is 0.714. The predicted molar refractivity (Wildman–Crippen MR) is 73.1 cm³/mol. The van der Waals surface area contributed by atoms with Gasteiger partial charge in [-0.25, -0.2) is 9.97 Å². The van der Waals surface area contributed by atoms with E-state index in [1.165, 1.54) is 12.8 Å². The number of hydrogen-bond donors (Lipinski definition) is 1. The van der Waals surface area contributed by atoms with Crippen molar-refractivity contribution in [3.05, 3.63) is 11.9 Å². The third-order valence-electron chi connectivity index (χ3n) is 3.23. The first kappa shape index (κ1) is 13.1. The SMILES string of the molecule is CCNc1ncnc(OCCC2CC2)c1C(C)C. The average Bonchev–Trinajstić information content (AvgIpc) is 3.13. The van der Waals surface area contributed by atoms with Gasteiger partial charge < -0.3 is 10.1 Å². The van der Waals surface area contributed by atoms with E-state index in [9.17, 15) is 0 Å². The van der Waals surface area contributed by atoms with Gasteiger partial charge in [-0.2, -0.15) is 0 Å². The largest absolute Gasteiger partial charge is 0.477 e. The number of rotatable bonds is 7. The lowest BCUT2D eigenvalue weighted by molar-refractivity contribution is 0.286. The molecule has 1 fully saturated rings. The lowest BCUT2D eigenvalue weighted by atomic mass is 10.1. The van der Waals surface area contributed by atoms with E-state index < -0.39 is 0 Å². The summed E-state index contributed by atoms with van der Waals surface area (Å²) >= 11 is 0. The van der Waals surface area contributed by atoms with Crippen LogP contribution in [0.4, 0.5) is 5.82 Å². The van der Waals surface area contributed by atoms with Crippen LogP contribution < -0.4 is 10.1 Å². The van der Waals surface area contributed by atoms with Crippen molar-refractivity contribution in [2.45, 2.75) is 46.0 Å². The molecule has 0 aliphatic heterocycles. The molecule has 0 amide bonds. The molecule has 1 aliphatic rings. The molecule has 2 rings (SSSR count). The van der Waals surface area contributed by atoms with Crippen molar-refractivity contribution < 1.29 is 4.74 Å². The Morgan fingerprint density at radius 3 is 2.78 bits per heavy atom. The molecule has 1 aromatic rings. The van der Waals surface area contributed by atoms with Crippen LogP contribution in [0.5, 0.6) is 5.88 Å². The van der Waals surface area contributed by atoms with E-state index >= 15 is 0 Å². The van der Waals surface area contributed by atoms with Gasteiger partial charge in [0.25, 0.3) is 0 Å². The monoisotopic (exact) mass is 249 g/mol. The van der Waals surface area contributed by atoms with Crippen LogP contribution in [-0.2, 0) is 0 Å². The lowest BCUT2D eigenvalue weighted by Crippen LogP contribution is -2.10. The van der Waals surface area contributed by atoms with Crippen molar-refractivity contribution in [2.24, 2.45) is 5.92 Å². The molecule has 1 aromatic heterocycles. The first-order chi connectivity index (χ1) is 8.72. The smallest absolute Gasteiger partial charge is 0.222 e. The predicted octanol–water partition coefficient (Wildman–Crippen LogP) is 3.21. The molecule has 4 heteroatoms. The molecule has 0 spiro atoms. The van der Waals surface area contributed by atoms with Gasteiger partial charge in [-0.1, -0.05) is 26.7 Å². The van der Waals surface area contributed by atoms with Crippen LogP contribution in [0.2, 0.25) is 0 Å². The zero-order valence-corrected chi connectivity index (χ0v) is 11.6. The minimum absolute atomic E-state index is 0.358. The van der Waals surface area contributed by atoms with Crippen molar-refractivity contribution in [1.29, 1.82) is 0 Å². The minimum Gasteiger partial charge on any atom is -0.477 e. The zero-order valence-electron chi connectivity index (χ0n) is 11.6. The molecule has 0 unspecified atom stereocenters. The molecular formula is C14H23N3O. The van der Waals surface area contributed by atoms with Crippen molar-refractivity contribution in [3.8, 4) is 5.88 Å². The number of nitrogens with zero attached hydrogens (tertiary/aromatic N) is 2. The average molecular weight is 249 g/mol. The van der Waals surface area contributed by atoms with Gasteiger partial charge in [0.15, 0.2) is 0 Å². The fourth-order valence-electron chi connectivity index (χ4n) is 2.05. The summed E-state index contributed by atoms with van der Waals surface area (Å²) in [7, 11) is 0. The molecule has 100 valence electrons. The van der Waals surface area contributed by atoms with E-state index in [0.29, 0.717) is 5.92 Å². The highest BCUT2D eigenvalue weighted by Crippen LogP contribution is 2.33. The van der Waals surface area contributed by atoms with Crippen LogP contribution in [-0.4, -0.2) is 23.1 Å². The maximum Gasteiger partial charge on any atom is 0.222 e. The molecule has 1 aliphatic carbocycles. The van der Waals surface area contributed by atoms with Gasteiger partial charge in [0.05, 0.1) is 12.2 Å². The van der Waals surface area contributed by atoms with E-state index in [-0.39, 0.29) is 0 Å². The summed E-state index contributed by atoms with van der Waals surface area (Å²) in [4.78, 5) is 8.59. The van der Waals surface area contributed by atoms with Gasteiger partial charge in [-0.15, -0.1) is 0 Å². The van der Waals surface area contributed by atoms with Crippen molar-refractivity contribution in [2.75, 3.05) is 18.5 Å². The molecule has 1 heterocycles. The molecular weight excluding hydrogens is 226 g/mol. The minimum atomic E-state index is 0.358. The first-order valence-corrected chi connectivity index (χ1v) is 6.94. The van der Waals surface area contributed by atoms with Gasteiger partial charge in [-0.3, -0.25) is 0 Å². The summed E-state index contributed by atoms with van der Waals surface area (Å²) in [5, 5.41) is 3.28. The molecule has 0 aromatic carbocycles. The summed E-state index contributed by atoms with van der Waals surface area (Å²) in [6.45, 7) is 7.99. The summed E-state index contributed by atoms with van der Waals surface area (Å²) in [6, 6.07) is 0. The molecule has 0 bridgehead atoms. The Balaban J connectivity index is 2.07. The van der Waals surface area contributed by atoms with E-state index in [1.54, 1.807) is 6.33 Å². The highest BCUT2D eigenvalue weighted by Gasteiger charge is 2.22. The molecule has 4 nitrogen and oxygen atoms in total. The second kappa shape index (κ2) is 6.03. The van der Waals surface area contributed by atoms with E-state index in [0.717, 1.165) is 42.8 Å². The number of hydrogen-bond acceptors (Lipinski definition) is 4. The topological polar surface area (TPSA) is 47.0 Å². The van der Waals surface area contributed by atoms with Gasteiger partial charge in [0.1, 0.15) is 12.1 Å². The maximum absolute atomic E-state index is 5.85. The molecule has 1 N–H and O–H groups in total. The van der Waals surface area contributed by atoms with Crippen LogP contribution in [0.15, 0.2) is 6.33 Å². The highest BCUT2D eigenvalue weighted by atomic mass is 16.5. The zero-order chi connectivity index (χ0) is 13.0. The number of anilines is 1. The number of nitrogens with one attached hydrogen (secondary N) is 1. The van der Waals surface area contributed by atoms with Crippen molar-refractivity contribution >= 4 is 5.82 Å². The second-order valence-electron chi connectivity index (χ2n) is 5.21. The van der Waals surface area contributed by atoms with E-state index in [4.69, 9.17) is 4.74 Å².